The van der Waals surface area contributed by atoms with Gasteiger partial charge >= 0.3 is 0 Å². The van der Waals surface area contributed by atoms with E-state index in [0.717, 1.165) is 11.1 Å². The van der Waals surface area contributed by atoms with Gasteiger partial charge in [0.15, 0.2) is 0 Å². The van der Waals surface area contributed by atoms with Gasteiger partial charge in [-0.25, -0.2) is 4.39 Å². The van der Waals surface area contributed by atoms with Gasteiger partial charge in [-0.1, -0.05) is 0 Å². The number of nitrogens with zero attached hydrogens (tertiary/aromatic N) is 3. The third kappa shape index (κ3) is 2.36. The van der Waals surface area contributed by atoms with Gasteiger partial charge in [0, 0.05) is 47.5 Å². The van der Waals surface area contributed by atoms with Crippen molar-refractivity contribution in [3.05, 3.63) is 73.2 Å². The lowest BCUT2D eigenvalue weighted by Crippen LogP contribution is -1.94. The molecule has 4 aromatic rings. The van der Waals surface area contributed by atoms with Crippen LogP contribution >= 0.6 is 0 Å². The fourth-order valence-electron chi connectivity index (χ4n) is 2.81. The van der Waals surface area contributed by atoms with Gasteiger partial charge in [0.1, 0.15) is 5.82 Å². The van der Waals surface area contributed by atoms with Crippen LogP contribution in [0.25, 0.3) is 33.2 Å². The summed E-state index contributed by atoms with van der Waals surface area (Å²) in [4.78, 5) is 12.3. The van der Waals surface area contributed by atoms with Gasteiger partial charge in [-0.05, 0) is 47.5 Å². The molecule has 5 heteroatoms. The molecule has 0 aliphatic rings. The van der Waals surface area contributed by atoms with Gasteiger partial charge in [-0.3, -0.25) is 15.0 Å². The third-order valence-electron chi connectivity index (χ3n) is 3.91. The summed E-state index contributed by atoms with van der Waals surface area (Å²) in [7, 11) is 0. The molecule has 24 heavy (non-hydrogen) atoms. The minimum Gasteiger partial charge on any atom is -0.397 e. The van der Waals surface area contributed by atoms with Gasteiger partial charge < -0.3 is 5.73 Å². The van der Waals surface area contributed by atoms with Gasteiger partial charge in [-0.15, -0.1) is 0 Å². The van der Waals surface area contributed by atoms with Crippen molar-refractivity contribution in [2.45, 2.75) is 0 Å². The maximum atomic E-state index is 15.3. The Bertz CT molecular complexity index is 1030. The second kappa shape index (κ2) is 5.70. The number of nitrogen functional groups attached to an aromatic ring is 1. The first-order valence-corrected chi connectivity index (χ1v) is 7.42. The number of rotatable bonds is 2. The number of nitrogens with two attached hydrogens (primary N) is 1. The first kappa shape index (κ1) is 14.3. The lowest BCUT2D eigenvalue weighted by Gasteiger charge is -2.11. The van der Waals surface area contributed by atoms with Crippen molar-refractivity contribution < 1.29 is 4.39 Å². The molecule has 0 saturated heterocycles. The number of benzene rings is 1. The van der Waals surface area contributed by atoms with Crippen molar-refractivity contribution in [1.82, 2.24) is 15.0 Å². The van der Waals surface area contributed by atoms with Crippen LogP contribution in [0.5, 0.6) is 0 Å². The monoisotopic (exact) mass is 316 g/mol. The fourth-order valence-corrected chi connectivity index (χ4v) is 2.81. The maximum Gasteiger partial charge on any atom is 0.141 e. The smallest absolute Gasteiger partial charge is 0.141 e. The van der Waals surface area contributed by atoms with E-state index < -0.39 is 0 Å². The Kier molecular flexibility index (Phi) is 3.39. The third-order valence-corrected chi connectivity index (χ3v) is 3.91. The average Bonchev–Trinajstić information content (AvgIpc) is 2.62. The zero-order valence-corrected chi connectivity index (χ0v) is 12.6. The SMILES string of the molecule is Nc1cncc(-c2ccc3nccc(-c4ccncc4)c3c2F)c1. The second-order valence-corrected chi connectivity index (χ2v) is 5.42. The number of pyridine rings is 3. The highest BCUT2D eigenvalue weighted by atomic mass is 19.1. The van der Waals surface area contributed by atoms with Crippen LogP contribution in [0.1, 0.15) is 0 Å². The lowest BCUT2D eigenvalue weighted by molar-refractivity contribution is 0.643. The van der Waals surface area contributed by atoms with E-state index in [4.69, 9.17) is 5.73 Å². The predicted molar refractivity (Wildman–Crippen MR) is 92.6 cm³/mol. The summed E-state index contributed by atoms with van der Waals surface area (Å²) in [5, 5.41) is 0.476. The molecule has 1 aromatic carbocycles. The minimum atomic E-state index is -0.334. The van der Waals surface area contributed by atoms with Gasteiger partial charge in [-0.2, -0.15) is 0 Å². The Balaban J connectivity index is 2.02. The Hall–Kier alpha value is -3.34. The molecule has 0 aliphatic heterocycles. The van der Waals surface area contributed by atoms with E-state index in [1.165, 1.54) is 6.20 Å². The Morgan fingerprint density at radius 3 is 2.42 bits per heavy atom. The number of aromatic nitrogens is 3. The molecule has 0 unspecified atom stereocenters. The van der Waals surface area contributed by atoms with Crippen LogP contribution in [0.2, 0.25) is 0 Å². The molecule has 2 N–H and O–H groups in total. The van der Waals surface area contributed by atoms with Crippen LogP contribution < -0.4 is 5.73 Å². The molecule has 4 rings (SSSR count). The van der Waals surface area contributed by atoms with Gasteiger partial charge in [0.2, 0.25) is 0 Å². The number of hydrogen-bond acceptors (Lipinski definition) is 4. The topological polar surface area (TPSA) is 64.7 Å². The quantitative estimate of drug-likeness (QED) is 0.605. The van der Waals surface area contributed by atoms with E-state index in [1.807, 2.05) is 24.3 Å². The predicted octanol–water partition coefficient (Wildman–Crippen LogP) is 4.08. The van der Waals surface area contributed by atoms with Crippen LogP contribution in [-0.4, -0.2) is 15.0 Å². The number of fused-ring (bicyclic) bond motifs is 1. The summed E-state index contributed by atoms with van der Waals surface area (Å²) < 4.78 is 15.3. The van der Waals surface area contributed by atoms with E-state index in [0.29, 0.717) is 27.7 Å². The molecule has 3 aromatic heterocycles. The molecule has 0 bridgehead atoms. The highest BCUT2D eigenvalue weighted by molar-refractivity contribution is 5.97. The Morgan fingerprint density at radius 2 is 1.62 bits per heavy atom. The molecule has 0 radical (unpaired) electrons. The molecule has 4 nitrogen and oxygen atoms in total. The first-order chi connectivity index (χ1) is 11.7. The minimum absolute atomic E-state index is 0.334. The molecule has 0 fully saturated rings. The average molecular weight is 316 g/mol. The molecular weight excluding hydrogens is 303 g/mol. The largest absolute Gasteiger partial charge is 0.397 e. The Morgan fingerprint density at radius 1 is 0.792 bits per heavy atom. The standard InChI is InChI=1S/C19H13FN4/c20-19-16(13-9-14(21)11-23-10-13)1-2-17-18(19)15(5-8-24-17)12-3-6-22-7-4-12/h1-11H,21H2. The van der Waals surface area contributed by atoms with Crippen LogP contribution in [-0.2, 0) is 0 Å². The van der Waals surface area contributed by atoms with Crippen molar-refractivity contribution in [3.8, 4) is 22.3 Å². The van der Waals surface area contributed by atoms with Crippen molar-refractivity contribution in [2.75, 3.05) is 5.73 Å². The number of halogens is 1. The van der Waals surface area contributed by atoms with Crippen molar-refractivity contribution >= 4 is 16.6 Å². The second-order valence-electron chi connectivity index (χ2n) is 5.42. The molecule has 3 heterocycles. The van der Waals surface area contributed by atoms with Crippen molar-refractivity contribution in [3.63, 3.8) is 0 Å². The summed E-state index contributed by atoms with van der Waals surface area (Å²) in [6.07, 6.45) is 8.19. The normalized spacial score (nSPS) is 10.9. The molecule has 0 saturated carbocycles. The number of anilines is 1. The first-order valence-electron chi connectivity index (χ1n) is 7.42. The lowest BCUT2D eigenvalue weighted by atomic mass is 9.97. The summed E-state index contributed by atoms with van der Waals surface area (Å²) in [5.74, 6) is -0.334. The highest BCUT2D eigenvalue weighted by Crippen LogP contribution is 2.34. The zero-order chi connectivity index (χ0) is 16.5. The summed E-state index contributed by atoms with van der Waals surface area (Å²) in [6.45, 7) is 0. The molecule has 0 atom stereocenters. The van der Waals surface area contributed by atoms with Crippen molar-refractivity contribution in [2.24, 2.45) is 0 Å². The molecule has 116 valence electrons. The van der Waals surface area contributed by atoms with Crippen molar-refractivity contribution in [1.29, 1.82) is 0 Å². The zero-order valence-electron chi connectivity index (χ0n) is 12.6. The number of hydrogen-bond donors (Lipinski definition) is 1. The van der Waals surface area contributed by atoms with Crippen LogP contribution in [0, 0.1) is 5.82 Å². The summed E-state index contributed by atoms with van der Waals surface area (Å²) in [6, 6.07) is 10.7. The van der Waals surface area contributed by atoms with Gasteiger partial charge in [0.05, 0.1) is 11.2 Å². The van der Waals surface area contributed by atoms with Gasteiger partial charge in [0.25, 0.3) is 0 Å². The van der Waals surface area contributed by atoms with E-state index in [9.17, 15) is 0 Å². The molecular formula is C19H13FN4. The van der Waals surface area contributed by atoms with Crippen LogP contribution in [0.15, 0.2) is 67.4 Å². The van der Waals surface area contributed by atoms with E-state index in [1.54, 1.807) is 36.9 Å². The van der Waals surface area contributed by atoms with E-state index in [-0.39, 0.29) is 5.82 Å². The van der Waals surface area contributed by atoms with Crippen LogP contribution in [0.3, 0.4) is 0 Å². The van der Waals surface area contributed by atoms with E-state index >= 15 is 4.39 Å². The molecule has 0 spiro atoms. The fraction of sp³-hybridized carbons (Fsp3) is 0. The molecule has 0 amide bonds. The summed E-state index contributed by atoms with van der Waals surface area (Å²) in [5.41, 5.74) is 9.62. The van der Waals surface area contributed by atoms with E-state index in [2.05, 4.69) is 15.0 Å². The maximum absolute atomic E-state index is 15.3. The summed E-state index contributed by atoms with van der Waals surface area (Å²) >= 11 is 0. The molecule has 0 aliphatic carbocycles. The Labute approximate surface area is 137 Å². The highest BCUT2D eigenvalue weighted by Gasteiger charge is 2.14. The van der Waals surface area contributed by atoms with Crippen LogP contribution in [0.4, 0.5) is 10.1 Å².